The standard InChI is InChI=1S/C18H23ClN4O3S2/c1-2-22-13-16(17(24)20-8-7-14-3-5-15(19)6-4-14)18(21-22)28(25,26)23-9-11-27-12-10-23/h3-6,13H,2,7-12H2,1H3,(H,20,24). The van der Waals surface area contributed by atoms with E-state index in [0.29, 0.717) is 37.6 Å². The minimum Gasteiger partial charge on any atom is -0.352 e. The summed E-state index contributed by atoms with van der Waals surface area (Å²) in [6.45, 7) is 3.59. The van der Waals surface area contributed by atoms with Gasteiger partial charge in [-0.1, -0.05) is 23.7 Å². The number of thioether (sulfide) groups is 1. The van der Waals surface area contributed by atoms with Crippen molar-refractivity contribution in [2.45, 2.75) is 24.9 Å². The number of hydrogen-bond acceptors (Lipinski definition) is 5. The number of benzene rings is 1. The van der Waals surface area contributed by atoms with Crippen molar-refractivity contribution in [2.75, 3.05) is 31.1 Å². The van der Waals surface area contributed by atoms with Gasteiger partial charge in [0.25, 0.3) is 15.9 Å². The molecule has 10 heteroatoms. The Labute approximate surface area is 174 Å². The number of carbonyl (C=O) groups is 1. The predicted octanol–water partition coefficient (Wildman–Crippen LogP) is 2.27. The molecule has 0 saturated carbocycles. The van der Waals surface area contributed by atoms with Crippen LogP contribution in [0.1, 0.15) is 22.8 Å². The maximum atomic E-state index is 13.0. The largest absolute Gasteiger partial charge is 0.352 e. The van der Waals surface area contributed by atoms with Crippen molar-refractivity contribution in [1.29, 1.82) is 0 Å². The maximum absolute atomic E-state index is 13.0. The van der Waals surface area contributed by atoms with Gasteiger partial charge in [-0.25, -0.2) is 8.42 Å². The highest BCUT2D eigenvalue weighted by Gasteiger charge is 2.33. The van der Waals surface area contributed by atoms with E-state index in [1.165, 1.54) is 15.2 Å². The van der Waals surface area contributed by atoms with Crippen LogP contribution in [0.5, 0.6) is 0 Å². The van der Waals surface area contributed by atoms with E-state index in [1.807, 2.05) is 19.1 Å². The molecule has 0 aliphatic carbocycles. The molecule has 0 spiro atoms. The second kappa shape index (κ2) is 9.30. The van der Waals surface area contributed by atoms with Gasteiger partial charge in [-0.3, -0.25) is 9.48 Å². The summed E-state index contributed by atoms with van der Waals surface area (Å²) in [5.41, 5.74) is 1.13. The first kappa shape index (κ1) is 21.2. The van der Waals surface area contributed by atoms with Gasteiger partial charge in [-0.05, 0) is 31.0 Å². The van der Waals surface area contributed by atoms with Crippen LogP contribution in [0.3, 0.4) is 0 Å². The van der Waals surface area contributed by atoms with Gasteiger partial charge in [-0.15, -0.1) is 0 Å². The van der Waals surface area contributed by atoms with Crippen LogP contribution in [0.2, 0.25) is 5.02 Å². The Morgan fingerprint density at radius 2 is 1.93 bits per heavy atom. The molecule has 28 heavy (non-hydrogen) atoms. The highest BCUT2D eigenvalue weighted by atomic mass is 35.5. The number of hydrogen-bond donors (Lipinski definition) is 1. The molecule has 0 radical (unpaired) electrons. The molecule has 0 bridgehead atoms. The van der Waals surface area contributed by atoms with E-state index < -0.39 is 15.9 Å². The molecular weight excluding hydrogens is 420 g/mol. The normalized spacial score (nSPS) is 15.5. The number of amides is 1. The number of rotatable bonds is 7. The first-order chi connectivity index (χ1) is 13.4. The van der Waals surface area contributed by atoms with Crippen molar-refractivity contribution in [3.05, 3.63) is 46.6 Å². The molecule has 7 nitrogen and oxygen atoms in total. The second-order valence-electron chi connectivity index (χ2n) is 6.35. The number of carbonyl (C=O) groups excluding carboxylic acids is 1. The average molecular weight is 443 g/mol. The first-order valence-electron chi connectivity index (χ1n) is 9.10. The van der Waals surface area contributed by atoms with Crippen LogP contribution < -0.4 is 5.32 Å². The molecule has 1 aromatic heterocycles. The zero-order chi connectivity index (χ0) is 20.1. The van der Waals surface area contributed by atoms with Crippen LogP contribution in [0.4, 0.5) is 0 Å². The van der Waals surface area contributed by atoms with Crippen LogP contribution in [0.15, 0.2) is 35.5 Å². The van der Waals surface area contributed by atoms with Gasteiger partial charge >= 0.3 is 0 Å². The molecule has 1 fully saturated rings. The number of nitrogens with zero attached hydrogens (tertiary/aromatic N) is 3. The third-order valence-corrected chi connectivity index (χ3v) is 7.49. The molecule has 1 aliphatic heterocycles. The summed E-state index contributed by atoms with van der Waals surface area (Å²) in [7, 11) is -3.80. The first-order valence-corrected chi connectivity index (χ1v) is 12.1. The van der Waals surface area contributed by atoms with Crippen molar-refractivity contribution in [3.8, 4) is 0 Å². The maximum Gasteiger partial charge on any atom is 0.263 e. The third kappa shape index (κ3) is 4.89. The monoisotopic (exact) mass is 442 g/mol. The Morgan fingerprint density at radius 3 is 2.57 bits per heavy atom. The molecule has 1 saturated heterocycles. The smallest absolute Gasteiger partial charge is 0.263 e. The SMILES string of the molecule is CCn1cc(C(=O)NCCc2ccc(Cl)cc2)c(S(=O)(=O)N2CCSCC2)n1. The lowest BCUT2D eigenvalue weighted by molar-refractivity contribution is 0.0950. The van der Waals surface area contributed by atoms with Gasteiger partial charge in [0.15, 0.2) is 0 Å². The van der Waals surface area contributed by atoms with E-state index in [-0.39, 0.29) is 10.6 Å². The number of aromatic nitrogens is 2. The topological polar surface area (TPSA) is 84.3 Å². The summed E-state index contributed by atoms with van der Waals surface area (Å²) >= 11 is 7.60. The molecule has 1 aromatic carbocycles. The third-order valence-electron chi connectivity index (χ3n) is 4.46. The molecule has 2 aromatic rings. The van der Waals surface area contributed by atoms with Crippen LogP contribution >= 0.6 is 23.4 Å². The minimum atomic E-state index is -3.80. The molecule has 1 N–H and O–H groups in total. The molecule has 3 rings (SSSR count). The van der Waals surface area contributed by atoms with E-state index in [1.54, 1.807) is 23.9 Å². The van der Waals surface area contributed by atoms with E-state index in [0.717, 1.165) is 17.1 Å². The van der Waals surface area contributed by atoms with Crippen LogP contribution in [-0.4, -0.2) is 59.6 Å². The Bertz CT molecular complexity index is 923. The van der Waals surface area contributed by atoms with Crippen molar-refractivity contribution in [1.82, 2.24) is 19.4 Å². The summed E-state index contributed by atoms with van der Waals surface area (Å²) in [6.07, 6.45) is 2.12. The molecule has 152 valence electrons. The number of aryl methyl sites for hydroxylation is 1. The predicted molar refractivity (Wildman–Crippen MR) is 111 cm³/mol. The Balaban J connectivity index is 1.74. The van der Waals surface area contributed by atoms with Gasteiger partial charge in [-0.2, -0.15) is 21.2 Å². The van der Waals surface area contributed by atoms with E-state index in [4.69, 9.17) is 11.6 Å². The highest BCUT2D eigenvalue weighted by Crippen LogP contribution is 2.22. The average Bonchev–Trinajstić information content (AvgIpc) is 3.16. The van der Waals surface area contributed by atoms with Gasteiger partial charge in [0.1, 0.15) is 0 Å². The molecule has 1 aliphatic rings. The van der Waals surface area contributed by atoms with Gasteiger partial charge < -0.3 is 5.32 Å². The van der Waals surface area contributed by atoms with Crippen LogP contribution in [-0.2, 0) is 23.0 Å². The summed E-state index contributed by atoms with van der Waals surface area (Å²) < 4.78 is 28.9. The van der Waals surface area contributed by atoms with Crippen molar-refractivity contribution in [3.63, 3.8) is 0 Å². The van der Waals surface area contributed by atoms with Gasteiger partial charge in [0, 0.05) is 48.9 Å². The van der Waals surface area contributed by atoms with E-state index in [2.05, 4.69) is 10.4 Å². The summed E-state index contributed by atoms with van der Waals surface area (Å²) in [6, 6.07) is 7.39. The Kier molecular flexibility index (Phi) is 7.03. The van der Waals surface area contributed by atoms with E-state index >= 15 is 0 Å². The number of sulfonamides is 1. The molecule has 2 heterocycles. The van der Waals surface area contributed by atoms with Crippen molar-refractivity contribution in [2.24, 2.45) is 0 Å². The molecule has 1 amide bonds. The lowest BCUT2D eigenvalue weighted by Gasteiger charge is -2.24. The fraction of sp³-hybridized carbons (Fsp3) is 0.444. The zero-order valence-corrected chi connectivity index (χ0v) is 18.0. The minimum absolute atomic E-state index is 0.0937. The second-order valence-corrected chi connectivity index (χ2v) is 9.87. The summed E-state index contributed by atoms with van der Waals surface area (Å²) in [5, 5.41) is 7.48. The fourth-order valence-electron chi connectivity index (χ4n) is 2.89. The van der Waals surface area contributed by atoms with Crippen molar-refractivity contribution >= 4 is 39.3 Å². The van der Waals surface area contributed by atoms with Gasteiger partial charge in [0.05, 0.1) is 5.56 Å². The van der Waals surface area contributed by atoms with E-state index in [9.17, 15) is 13.2 Å². The quantitative estimate of drug-likeness (QED) is 0.711. The molecular formula is C18H23ClN4O3S2. The lowest BCUT2D eigenvalue weighted by Crippen LogP contribution is -2.39. The Hall–Kier alpha value is -1.55. The van der Waals surface area contributed by atoms with Gasteiger partial charge in [0.2, 0.25) is 5.03 Å². The molecule has 0 unspecified atom stereocenters. The number of halogens is 1. The fourth-order valence-corrected chi connectivity index (χ4v) is 5.69. The highest BCUT2D eigenvalue weighted by molar-refractivity contribution is 7.99. The summed E-state index contributed by atoms with van der Waals surface area (Å²) in [4.78, 5) is 12.7. The Morgan fingerprint density at radius 1 is 1.25 bits per heavy atom. The summed E-state index contributed by atoms with van der Waals surface area (Å²) in [5.74, 6) is 1.06. The lowest BCUT2D eigenvalue weighted by atomic mass is 10.1. The van der Waals surface area contributed by atoms with Crippen LogP contribution in [0, 0.1) is 0 Å². The van der Waals surface area contributed by atoms with Crippen LogP contribution in [0.25, 0.3) is 0 Å². The molecule has 0 atom stereocenters. The van der Waals surface area contributed by atoms with Crippen molar-refractivity contribution < 1.29 is 13.2 Å². The number of nitrogens with one attached hydrogen (secondary N) is 1. The zero-order valence-electron chi connectivity index (χ0n) is 15.6.